The highest BCUT2D eigenvalue weighted by molar-refractivity contribution is 5.50. The van der Waals surface area contributed by atoms with Gasteiger partial charge in [-0.1, -0.05) is 26.8 Å². The molecule has 1 aliphatic rings. The van der Waals surface area contributed by atoms with Crippen molar-refractivity contribution in [3.05, 3.63) is 29.6 Å². The minimum Gasteiger partial charge on any atom is -0.367 e. The van der Waals surface area contributed by atoms with Crippen LogP contribution in [0.3, 0.4) is 0 Å². The summed E-state index contributed by atoms with van der Waals surface area (Å²) in [5.41, 5.74) is 1.92. The normalized spacial score (nSPS) is 16.7. The Morgan fingerprint density at radius 2 is 1.90 bits per heavy atom. The second-order valence-electron chi connectivity index (χ2n) is 6.23. The van der Waals surface area contributed by atoms with E-state index in [1.165, 1.54) is 0 Å². The molecule has 0 aromatic heterocycles. The van der Waals surface area contributed by atoms with Crippen LogP contribution >= 0.6 is 0 Å². The fraction of sp³-hybridized carbons (Fsp3) is 0.647. The van der Waals surface area contributed by atoms with E-state index in [4.69, 9.17) is 0 Å². The molecule has 0 aliphatic carbocycles. The van der Waals surface area contributed by atoms with Crippen LogP contribution in [0, 0.1) is 11.7 Å². The highest BCUT2D eigenvalue weighted by Gasteiger charge is 2.18. The average molecular weight is 293 g/mol. The van der Waals surface area contributed by atoms with Gasteiger partial charge in [0.1, 0.15) is 5.82 Å². The Morgan fingerprint density at radius 1 is 1.19 bits per heavy atom. The van der Waals surface area contributed by atoms with E-state index in [2.05, 4.69) is 35.9 Å². The van der Waals surface area contributed by atoms with Crippen molar-refractivity contribution >= 4 is 5.69 Å². The Kier molecular flexibility index (Phi) is 6.00. The van der Waals surface area contributed by atoms with Crippen LogP contribution < -0.4 is 10.2 Å². The maximum Gasteiger partial charge on any atom is 0.146 e. The molecule has 1 heterocycles. The van der Waals surface area contributed by atoms with E-state index in [1.54, 1.807) is 6.07 Å². The quantitative estimate of drug-likeness (QED) is 0.870. The van der Waals surface area contributed by atoms with Gasteiger partial charge in [-0.2, -0.15) is 0 Å². The van der Waals surface area contributed by atoms with E-state index in [1.807, 2.05) is 12.1 Å². The van der Waals surface area contributed by atoms with E-state index in [0.717, 1.165) is 57.1 Å². The van der Waals surface area contributed by atoms with Crippen molar-refractivity contribution in [1.82, 2.24) is 10.2 Å². The molecule has 118 valence electrons. The van der Waals surface area contributed by atoms with Crippen molar-refractivity contribution in [2.75, 3.05) is 44.2 Å². The lowest BCUT2D eigenvalue weighted by Crippen LogP contribution is -2.46. The summed E-state index contributed by atoms with van der Waals surface area (Å²) in [6.45, 7) is 13.3. The molecule has 3 nitrogen and oxygen atoms in total. The van der Waals surface area contributed by atoms with Gasteiger partial charge in [-0.3, -0.25) is 0 Å². The van der Waals surface area contributed by atoms with E-state index < -0.39 is 0 Å². The molecule has 4 heteroatoms. The highest BCUT2D eigenvalue weighted by atomic mass is 19.1. The number of piperazine rings is 1. The predicted molar refractivity (Wildman–Crippen MR) is 87.3 cm³/mol. The summed E-state index contributed by atoms with van der Waals surface area (Å²) in [6, 6.07) is 5.49. The fourth-order valence-electron chi connectivity index (χ4n) is 2.72. The molecule has 0 amide bonds. The van der Waals surface area contributed by atoms with E-state index >= 15 is 0 Å². The van der Waals surface area contributed by atoms with Crippen LogP contribution in [0.15, 0.2) is 18.2 Å². The Labute approximate surface area is 128 Å². The summed E-state index contributed by atoms with van der Waals surface area (Å²) >= 11 is 0. The predicted octanol–water partition coefficient (Wildman–Crippen LogP) is 2.71. The minimum atomic E-state index is -0.104. The van der Waals surface area contributed by atoms with Gasteiger partial charge in [0.05, 0.1) is 5.69 Å². The van der Waals surface area contributed by atoms with Gasteiger partial charge in [-0.05, 0) is 36.7 Å². The SMILES string of the molecule is CCN1CCN(c2cc(CNCC(C)C)ccc2F)CC1. The number of anilines is 1. The molecule has 1 saturated heterocycles. The molecule has 0 spiro atoms. The highest BCUT2D eigenvalue weighted by Crippen LogP contribution is 2.22. The number of halogens is 1. The molecule has 2 rings (SSSR count). The summed E-state index contributed by atoms with van der Waals surface area (Å²) in [5, 5.41) is 3.42. The van der Waals surface area contributed by atoms with Gasteiger partial charge in [-0.15, -0.1) is 0 Å². The van der Waals surface area contributed by atoms with Gasteiger partial charge in [0.2, 0.25) is 0 Å². The first-order valence-corrected chi connectivity index (χ1v) is 8.06. The summed E-state index contributed by atoms with van der Waals surface area (Å²) in [7, 11) is 0. The van der Waals surface area contributed by atoms with E-state index in [0.29, 0.717) is 5.92 Å². The smallest absolute Gasteiger partial charge is 0.146 e. The molecule has 1 fully saturated rings. The van der Waals surface area contributed by atoms with Crippen LogP contribution in [0.4, 0.5) is 10.1 Å². The van der Waals surface area contributed by atoms with Crippen molar-refractivity contribution in [2.24, 2.45) is 5.92 Å². The molecular weight excluding hydrogens is 265 g/mol. The third kappa shape index (κ3) is 4.68. The number of likely N-dealkylation sites (N-methyl/N-ethyl adjacent to an activating group) is 1. The molecule has 1 aromatic carbocycles. The summed E-state index contributed by atoms with van der Waals surface area (Å²) in [5.74, 6) is 0.527. The van der Waals surface area contributed by atoms with Gasteiger partial charge in [0.15, 0.2) is 0 Å². The van der Waals surface area contributed by atoms with Gasteiger partial charge < -0.3 is 15.1 Å². The second kappa shape index (κ2) is 7.76. The second-order valence-corrected chi connectivity index (χ2v) is 6.23. The molecule has 0 atom stereocenters. The van der Waals surface area contributed by atoms with E-state index in [9.17, 15) is 4.39 Å². The zero-order valence-electron chi connectivity index (χ0n) is 13.5. The van der Waals surface area contributed by atoms with E-state index in [-0.39, 0.29) is 5.82 Å². The number of nitrogens with zero attached hydrogens (tertiary/aromatic N) is 2. The Bertz CT molecular complexity index is 440. The fourth-order valence-corrected chi connectivity index (χ4v) is 2.72. The lowest BCUT2D eigenvalue weighted by molar-refractivity contribution is 0.270. The van der Waals surface area contributed by atoms with Crippen molar-refractivity contribution in [3.8, 4) is 0 Å². The first-order valence-electron chi connectivity index (χ1n) is 8.06. The Hall–Kier alpha value is -1.13. The summed E-state index contributed by atoms with van der Waals surface area (Å²) in [4.78, 5) is 4.58. The largest absolute Gasteiger partial charge is 0.367 e. The van der Waals surface area contributed by atoms with Gasteiger partial charge >= 0.3 is 0 Å². The third-order valence-corrected chi connectivity index (χ3v) is 4.05. The summed E-state index contributed by atoms with van der Waals surface area (Å²) < 4.78 is 14.1. The van der Waals surface area contributed by atoms with Gasteiger partial charge in [-0.25, -0.2) is 4.39 Å². The van der Waals surface area contributed by atoms with Crippen molar-refractivity contribution in [3.63, 3.8) is 0 Å². The summed E-state index contributed by atoms with van der Waals surface area (Å²) in [6.07, 6.45) is 0. The molecule has 1 N–H and O–H groups in total. The molecule has 1 aliphatic heterocycles. The molecule has 0 radical (unpaired) electrons. The van der Waals surface area contributed by atoms with Crippen LogP contribution in [0.5, 0.6) is 0 Å². The maximum absolute atomic E-state index is 14.1. The molecule has 0 saturated carbocycles. The monoisotopic (exact) mass is 293 g/mol. The minimum absolute atomic E-state index is 0.104. The van der Waals surface area contributed by atoms with Crippen LogP contribution in [0.2, 0.25) is 0 Å². The standard InChI is InChI=1S/C17H28FN3/c1-4-20-7-9-21(10-8-20)17-11-15(5-6-16(17)18)13-19-12-14(2)3/h5-6,11,14,19H,4,7-10,12-13H2,1-3H3. The first-order chi connectivity index (χ1) is 10.1. The van der Waals surface area contributed by atoms with Crippen molar-refractivity contribution in [1.29, 1.82) is 0 Å². The number of rotatable bonds is 6. The molecular formula is C17H28FN3. The maximum atomic E-state index is 14.1. The Morgan fingerprint density at radius 3 is 2.52 bits per heavy atom. The molecule has 0 unspecified atom stereocenters. The molecule has 0 bridgehead atoms. The number of benzene rings is 1. The number of hydrogen-bond donors (Lipinski definition) is 1. The number of hydrogen-bond acceptors (Lipinski definition) is 3. The molecule has 1 aromatic rings. The first kappa shape index (κ1) is 16.2. The third-order valence-electron chi connectivity index (χ3n) is 4.05. The zero-order valence-corrected chi connectivity index (χ0v) is 13.5. The molecule has 21 heavy (non-hydrogen) atoms. The lowest BCUT2D eigenvalue weighted by Gasteiger charge is -2.35. The van der Waals surface area contributed by atoms with Crippen LogP contribution in [-0.4, -0.2) is 44.2 Å². The van der Waals surface area contributed by atoms with Crippen molar-refractivity contribution in [2.45, 2.75) is 27.3 Å². The topological polar surface area (TPSA) is 18.5 Å². The van der Waals surface area contributed by atoms with Crippen LogP contribution in [0.25, 0.3) is 0 Å². The van der Waals surface area contributed by atoms with Gasteiger partial charge in [0.25, 0.3) is 0 Å². The Balaban J connectivity index is 1.98. The van der Waals surface area contributed by atoms with Crippen LogP contribution in [0.1, 0.15) is 26.3 Å². The van der Waals surface area contributed by atoms with Gasteiger partial charge in [0, 0.05) is 32.7 Å². The zero-order chi connectivity index (χ0) is 15.2. The lowest BCUT2D eigenvalue weighted by atomic mass is 10.1. The average Bonchev–Trinajstić information content (AvgIpc) is 2.49. The van der Waals surface area contributed by atoms with Crippen LogP contribution in [-0.2, 0) is 6.54 Å². The number of nitrogens with one attached hydrogen (secondary N) is 1. The van der Waals surface area contributed by atoms with Crippen molar-refractivity contribution < 1.29 is 4.39 Å².